The molecule has 2 fully saturated rings. The second-order valence-corrected chi connectivity index (χ2v) is 9.89. The second-order valence-electron chi connectivity index (χ2n) is 8.01. The summed E-state index contributed by atoms with van der Waals surface area (Å²) in [6, 6.07) is 6.68. The van der Waals surface area contributed by atoms with Gasteiger partial charge in [0.15, 0.2) is 0 Å². The van der Waals surface area contributed by atoms with Crippen molar-refractivity contribution in [1.82, 2.24) is 14.9 Å². The topological polar surface area (TPSA) is 114 Å². The second kappa shape index (κ2) is 10.9. The van der Waals surface area contributed by atoms with E-state index in [9.17, 15) is 18.0 Å². The molecule has 1 atom stereocenters. The summed E-state index contributed by atoms with van der Waals surface area (Å²) in [5.74, 6) is 0.385. The first-order valence-electron chi connectivity index (χ1n) is 10.8. The zero-order valence-electron chi connectivity index (χ0n) is 17.8. The Hall–Kier alpha value is -2.17. The van der Waals surface area contributed by atoms with Crippen LogP contribution in [0.25, 0.3) is 0 Å². The quantitative estimate of drug-likeness (QED) is 0.497. The molecule has 172 valence electrons. The van der Waals surface area contributed by atoms with E-state index in [2.05, 4.69) is 10.0 Å². The summed E-state index contributed by atoms with van der Waals surface area (Å²) in [6.45, 7) is 2.32. The van der Waals surface area contributed by atoms with Crippen LogP contribution >= 0.6 is 0 Å². The number of carbonyl (C=O) groups excluding carboxylic acids is 2. The van der Waals surface area contributed by atoms with Crippen molar-refractivity contribution in [3.63, 3.8) is 0 Å². The van der Waals surface area contributed by atoms with Crippen molar-refractivity contribution in [3.8, 4) is 5.75 Å². The Morgan fingerprint density at radius 1 is 1.26 bits per heavy atom. The van der Waals surface area contributed by atoms with Crippen molar-refractivity contribution >= 4 is 22.0 Å². The molecule has 10 heteroatoms. The maximum atomic E-state index is 12.4. The van der Waals surface area contributed by atoms with Gasteiger partial charge < -0.3 is 14.4 Å². The Kier molecular flexibility index (Phi) is 8.28. The molecule has 0 unspecified atom stereocenters. The van der Waals surface area contributed by atoms with Gasteiger partial charge in [0.1, 0.15) is 12.5 Å². The number of amides is 3. The lowest BCUT2D eigenvalue weighted by Crippen LogP contribution is -2.50. The molecule has 9 nitrogen and oxygen atoms in total. The lowest BCUT2D eigenvalue weighted by Gasteiger charge is -2.26. The van der Waals surface area contributed by atoms with Gasteiger partial charge in [-0.3, -0.25) is 10.1 Å². The van der Waals surface area contributed by atoms with E-state index in [1.165, 1.54) is 17.7 Å². The van der Waals surface area contributed by atoms with Crippen LogP contribution in [0.2, 0.25) is 0 Å². The summed E-state index contributed by atoms with van der Waals surface area (Å²) in [7, 11) is -3.50. The zero-order chi connectivity index (χ0) is 22.3. The summed E-state index contributed by atoms with van der Waals surface area (Å²) >= 11 is 0. The van der Waals surface area contributed by atoms with E-state index in [1.807, 2.05) is 24.3 Å². The minimum Gasteiger partial charge on any atom is -0.490 e. The van der Waals surface area contributed by atoms with Crippen molar-refractivity contribution in [2.75, 3.05) is 25.6 Å². The van der Waals surface area contributed by atoms with Crippen LogP contribution in [0.4, 0.5) is 4.79 Å². The predicted molar refractivity (Wildman–Crippen MR) is 115 cm³/mol. The van der Waals surface area contributed by atoms with E-state index in [-0.39, 0.29) is 43.6 Å². The Labute approximate surface area is 183 Å². The number of benzene rings is 1. The van der Waals surface area contributed by atoms with Crippen molar-refractivity contribution in [2.24, 2.45) is 0 Å². The molecular formula is C21H31N3O6S. The van der Waals surface area contributed by atoms with E-state index < -0.39 is 16.1 Å². The van der Waals surface area contributed by atoms with Gasteiger partial charge in [0, 0.05) is 25.6 Å². The predicted octanol–water partition coefficient (Wildman–Crippen LogP) is 2.29. The van der Waals surface area contributed by atoms with Gasteiger partial charge in [-0.2, -0.15) is 0 Å². The molecule has 1 aliphatic heterocycles. The summed E-state index contributed by atoms with van der Waals surface area (Å²) in [6.07, 6.45) is 5.28. The Balaban J connectivity index is 1.39. The third kappa shape index (κ3) is 7.48. The Bertz CT molecular complexity index is 870. The van der Waals surface area contributed by atoms with Crippen LogP contribution in [-0.4, -0.2) is 57.0 Å². The number of rotatable bonds is 11. The van der Waals surface area contributed by atoms with Crippen LogP contribution in [0.1, 0.15) is 57.1 Å². The molecule has 31 heavy (non-hydrogen) atoms. The smallest absolute Gasteiger partial charge is 0.325 e. The fraction of sp³-hybridized carbons (Fsp3) is 0.619. The highest BCUT2D eigenvalue weighted by atomic mass is 32.2. The number of nitrogens with one attached hydrogen (secondary N) is 2. The highest BCUT2D eigenvalue weighted by Crippen LogP contribution is 2.26. The largest absolute Gasteiger partial charge is 0.490 e. The molecule has 0 spiro atoms. The van der Waals surface area contributed by atoms with E-state index in [1.54, 1.807) is 6.92 Å². The van der Waals surface area contributed by atoms with E-state index in [0.29, 0.717) is 13.0 Å². The van der Waals surface area contributed by atoms with Gasteiger partial charge in [0.2, 0.25) is 15.9 Å². The minimum atomic E-state index is -3.50. The molecule has 1 aromatic carbocycles. The number of nitrogens with zero attached hydrogens (tertiary/aromatic N) is 1. The first-order valence-corrected chi connectivity index (χ1v) is 12.4. The fourth-order valence-electron chi connectivity index (χ4n) is 3.70. The van der Waals surface area contributed by atoms with Gasteiger partial charge in [-0.15, -0.1) is 0 Å². The molecule has 0 bridgehead atoms. The normalized spacial score (nSPS) is 18.8. The van der Waals surface area contributed by atoms with E-state index in [4.69, 9.17) is 9.47 Å². The van der Waals surface area contributed by atoms with Crippen molar-refractivity contribution in [2.45, 2.75) is 57.6 Å². The highest BCUT2D eigenvalue weighted by Gasteiger charge is 2.23. The van der Waals surface area contributed by atoms with E-state index >= 15 is 0 Å². The molecule has 2 N–H and O–H groups in total. The first-order chi connectivity index (χ1) is 14.8. The number of imide groups is 1. The van der Waals surface area contributed by atoms with Crippen LogP contribution in [0, 0.1) is 0 Å². The third-order valence-corrected chi connectivity index (χ3v) is 6.95. The molecule has 2 aliphatic rings. The van der Waals surface area contributed by atoms with Gasteiger partial charge in [-0.25, -0.2) is 17.9 Å². The molecule has 0 radical (unpaired) electrons. The van der Waals surface area contributed by atoms with E-state index in [0.717, 1.165) is 24.2 Å². The van der Waals surface area contributed by atoms with Crippen molar-refractivity contribution in [3.05, 3.63) is 29.8 Å². The fourth-order valence-corrected chi connectivity index (χ4v) is 4.99. The molecule has 3 rings (SSSR count). The SMILES string of the molecule is C[C@@H](NS(=O)(=O)CCCOCN1CCC(=O)NC1=O)c1cccc(OC2CCCC2)c1. The number of hydrogen-bond donors (Lipinski definition) is 2. The minimum absolute atomic E-state index is 0.0246. The molecule has 3 amide bonds. The molecule has 1 heterocycles. The van der Waals surface area contributed by atoms with Crippen LogP contribution in [0.5, 0.6) is 5.75 Å². The third-order valence-electron chi connectivity index (χ3n) is 5.41. The van der Waals surface area contributed by atoms with Gasteiger partial charge in [0.25, 0.3) is 0 Å². The van der Waals surface area contributed by atoms with Crippen molar-refractivity contribution < 1.29 is 27.5 Å². The average molecular weight is 454 g/mol. The summed E-state index contributed by atoms with van der Waals surface area (Å²) in [5, 5.41) is 2.21. The molecule has 1 aromatic rings. The maximum Gasteiger partial charge on any atom is 0.325 e. The van der Waals surface area contributed by atoms with Gasteiger partial charge in [-0.05, 0) is 56.7 Å². The number of carbonyl (C=O) groups is 2. The first kappa shape index (κ1) is 23.5. The highest BCUT2D eigenvalue weighted by molar-refractivity contribution is 7.89. The number of ether oxygens (including phenoxy) is 2. The van der Waals surface area contributed by atoms with Crippen LogP contribution in [-0.2, 0) is 19.6 Å². The molecule has 1 saturated carbocycles. The van der Waals surface area contributed by atoms with Gasteiger partial charge in [0.05, 0.1) is 11.9 Å². The van der Waals surface area contributed by atoms with Gasteiger partial charge >= 0.3 is 6.03 Å². The van der Waals surface area contributed by atoms with Gasteiger partial charge in [-0.1, -0.05) is 12.1 Å². The summed E-state index contributed by atoms with van der Waals surface area (Å²) in [4.78, 5) is 24.1. The summed E-state index contributed by atoms with van der Waals surface area (Å²) < 4.78 is 38.9. The number of urea groups is 1. The maximum absolute atomic E-state index is 12.4. The lowest BCUT2D eigenvalue weighted by molar-refractivity contribution is -0.122. The Morgan fingerprint density at radius 2 is 2.03 bits per heavy atom. The molecule has 1 saturated heterocycles. The average Bonchev–Trinajstić information content (AvgIpc) is 3.22. The zero-order valence-corrected chi connectivity index (χ0v) is 18.7. The number of sulfonamides is 1. The number of hydrogen-bond acceptors (Lipinski definition) is 6. The standard InChI is InChI=1S/C21H31N3O6S/c1-16(17-6-4-9-19(14-17)30-18-7-2-3-8-18)23-31(27,28)13-5-12-29-15-24-11-10-20(25)22-21(24)26/h4,6,9,14,16,18,23H,2-3,5,7-8,10-13,15H2,1H3,(H,22,25,26)/t16-/m1/s1. The summed E-state index contributed by atoms with van der Waals surface area (Å²) in [5.41, 5.74) is 0.848. The molecule has 0 aromatic heterocycles. The monoisotopic (exact) mass is 453 g/mol. The molecule has 1 aliphatic carbocycles. The lowest BCUT2D eigenvalue weighted by atomic mass is 10.1. The molecular weight excluding hydrogens is 422 g/mol. The van der Waals surface area contributed by atoms with Crippen molar-refractivity contribution in [1.29, 1.82) is 0 Å². The van der Waals surface area contributed by atoms with Crippen LogP contribution in [0.3, 0.4) is 0 Å². The van der Waals surface area contributed by atoms with Crippen LogP contribution < -0.4 is 14.8 Å². The Morgan fingerprint density at radius 3 is 2.77 bits per heavy atom. The van der Waals surface area contributed by atoms with Crippen LogP contribution in [0.15, 0.2) is 24.3 Å².